The van der Waals surface area contributed by atoms with E-state index in [0.29, 0.717) is 38.5 Å². The van der Waals surface area contributed by atoms with Crippen LogP contribution < -0.4 is 11.1 Å². The second-order valence-corrected chi connectivity index (χ2v) is 5.95. The zero-order valence-electron chi connectivity index (χ0n) is 12.0. The molecule has 2 fully saturated rings. The Kier molecular flexibility index (Phi) is 4.19. The smallest absolute Gasteiger partial charge is 0.234 e. The summed E-state index contributed by atoms with van der Waals surface area (Å²) in [5, 5.41) is 14.8. The quantitative estimate of drug-likeness (QED) is 0.287. The molecule has 0 bridgehead atoms. The molecule has 4 N–H and O–H groups in total. The van der Waals surface area contributed by atoms with Gasteiger partial charge in [-0.2, -0.15) is 0 Å². The summed E-state index contributed by atoms with van der Waals surface area (Å²) in [6.07, 6.45) is 1.95. The van der Waals surface area contributed by atoms with E-state index in [1.165, 1.54) is 0 Å². The van der Waals surface area contributed by atoms with E-state index in [1.54, 1.807) is 7.11 Å². The van der Waals surface area contributed by atoms with E-state index in [2.05, 4.69) is 10.5 Å². The topological polar surface area (TPSA) is 106 Å². The van der Waals surface area contributed by atoms with Crippen LogP contribution in [0.3, 0.4) is 0 Å². The van der Waals surface area contributed by atoms with Crippen molar-refractivity contribution in [2.75, 3.05) is 26.9 Å². The van der Waals surface area contributed by atoms with Gasteiger partial charge < -0.3 is 25.7 Å². The Hall–Kier alpha value is -1.34. The Morgan fingerprint density at radius 3 is 2.75 bits per heavy atom. The van der Waals surface area contributed by atoms with Gasteiger partial charge in [0.15, 0.2) is 5.84 Å². The first kappa shape index (κ1) is 15.1. The molecule has 0 spiro atoms. The molecule has 114 valence electrons. The van der Waals surface area contributed by atoms with Gasteiger partial charge in [0, 0.05) is 26.7 Å². The third kappa shape index (κ3) is 2.47. The van der Waals surface area contributed by atoms with Gasteiger partial charge in [0.2, 0.25) is 5.91 Å². The summed E-state index contributed by atoms with van der Waals surface area (Å²) in [6.45, 7) is 3.51. The average Bonchev–Trinajstić information content (AvgIpc) is 2.89. The molecule has 0 aromatic carbocycles. The number of nitrogens with zero attached hydrogens (tertiary/aromatic N) is 1. The van der Waals surface area contributed by atoms with E-state index < -0.39 is 11.0 Å². The van der Waals surface area contributed by atoms with Crippen molar-refractivity contribution in [2.24, 2.45) is 22.2 Å². The van der Waals surface area contributed by atoms with Gasteiger partial charge in [-0.05, 0) is 18.8 Å². The maximum atomic E-state index is 12.4. The number of amidine groups is 1. The summed E-state index contributed by atoms with van der Waals surface area (Å²) in [7, 11) is 1.62. The highest BCUT2D eigenvalue weighted by Gasteiger charge is 2.52. The molecule has 0 aromatic rings. The van der Waals surface area contributed by atoms with Crippen LogP contribution in [0, 0.1) is 11.3 Å². The van der Waals surface area contributed by atoms with Crippen LogP contribution in [0.15, 0.2) is 5.16 Å². The Balaban J connectivity index is 2.00. The fourth-order valence-electron chi connectivity index (χ4n) is 3.11. The van der Waals surface area contributed by atoms with Crippen LogP contribution >= 0.6 is 0 Å². The predicted octanol–water partition coefficient (Wildman–Crippen LogP) is 0.0708. The monoisotopic (exact) mass is 285 g/mol. The normalized spacial score (nSPS) is 37.5. The lowest BCUT2D eigenvalue weighted by atomic mass is 9.61. The summed E-state index contributed by atoms with van der Waals surface area (Å²) >= 11 is 0. The van der Waals surface area contributed by atoms with E-state index in [-0.39, 0.29) is 11.7 Å². The van der Waals surface area contributed by atoms with Gasteiger partial charge in [-0.1, -0.05) is 12.1 Å². The summed E-state index contributed by atoms with van der Waals surface area (Å²) in [5.74, 6) is 0.184. The Morgan fingerprint density at radius 1 is 1.60 bits per heavy atom. The lowest BCUT2D eigenvalue weighted by Crippen LogP contribution is -2.58. The molecule has 2 rings (SSSR count). The number of amides is 1. The first-order valence-corrected chi connectivity index (χ1v) is 6.87. The van der Waals surface area contributed by atoms with Crippen molar-refractivity contribution < 1.29 is 19.5 Å². The van der Waals surface area contributed by atoms with Crippen LogP contribution in [0.2, 0.25) is 0 Å². The number of hydrogen-bond donors (Lipinski definition) is 3. The molecular formula is C13H23N3O4. The lowest BCUT2D eigenvalue weighted by Gasteiger charge is -2.44. The minimum Gasteiger partial charge on any atom is -0.409 e. The van der Waals surface area contributed by atoms with Gasteiger partial charge in [0.1, 0.15) is 11.0 Å². The maximum Gasteiger partial charge on any atom is 0.234 e. The van der Waals surface area contributed by atoms with Crippen molar-refractivity contribution in [3.8, 4) is 0 Å². The number of rotatable bonds is 5. The number of nitrogens with two attached hydrogens (primary N) is 1. The third-order valence-electron chi connectivity index (χ3n) is 4.50. The molecular weight excluding hydrogens is 262 g/mol. The molecule has 1 unspecified atom stereocenters. The number of carbonyl (C=O) groups excluding carboxylic acids is 1. The van der Waals surface area contributed by atoms with Crippen LogP contribution in [0.4, 0.5) is 0 Å². The number of hydrogen-bond acceptors (Lipinski definition) is 5. The summed E-state index contributed by atoms with van der Waals surface area (Å²) in [6, 6.07) is 0. The molecule has 20 heavy (non-hydrogen) atoms. The van der Waals surface area contributed by atoms with Crippen LogP contribution in [-0.4, -0.2) is 49.4 Å². The zero-order chi connectivity index (χ0) is 14.8. The van der Waals surface area contributed by atoms with Gasteiger partial charge in [-0.15, -0.1) is 0 Å². The molecule has 1 heterocycles. The molecule has 0 aromatic heterocycles. The summed E-state index contributed by atoms with van der Waals surface area (Å²) in [4.78, 5) is 12.4. The van der Waals surface area contributed by atoms with Crippen molar-refractivity contribution >= 4 is 11.7 Å². The number of methoxy groups -OCH3 is 1. The zero-order valence-corrected chi connectivity index (χ0v) is 12.0. The van der Waals surface area contributed by atoms with Crippen LogP contribution in [0.25, 0.3) is 0 Å². The lowest BCUT2D eigenvalue weighted by molar-refractivity contribution is -0.134. The molecule has 2 aliphatic rings. The molecule has 1 aliphatic heterocycles. The van der Waals surface area contributed by atoms with E-state index in [1.807, 2.05) is 6.92 Å². The highest BCUT2D eigenvalue weighted by Crippen LogP contribution is 2.46. The molecule has 1 aliphatic carbocycles. The van der Waals surface area contributed by atoms with E-state index >= 15 is 0 Å². The second kappa shape index (κ2) is 5.57. The highest BCUT2D eigenvalue weighted by atomic mass is 16.5. The number of carbonyl (C=O) groups is 1. The van der Waals surface area contributed by atoms with Gasteiger partial charge in [0.25, 0.3) is 0 Å². The fourth-order valence-corrected chi connectivity index (χ4v) is 3.11. The molecule has 7 nitrogen and oxygen atoms in total. The summed E-state index contributed by atoms with van der Waals surface area (Å²) in [5.41, 5.74) is 4.38. The van der Waals surface area contributed by atoms with E-state index in [0.717, 1.165) is 6.42 Å². The molecule has 1 saturated heterocycles. The van der Waals surface area contributed by atoms with Crippen LogP contribution in [-0.2, 0) is 14.3 Å². The van der Waals surface area contributed by atoms with Gasteiger partial charge in [0.05, 0.1) is 6.61 Å². The number of oxime groups is 1. The predicted molar refractivity (Wildman–Crippen MR) is 72.4 cm³/mol. The maximum absolute atomic E-state index is 12.4. The first-order chi connectivity index (χ1) is 9.48. The van der Waals surface area contributed by atoms with Crippen molar-refractivity contribution in [2.45, 2.75) is 31.8 Å². The SMILES string of the molecule is COC1(CNC(=O)C2(C(N)=NO)CC(C)C2)CCOC1. The Labute approximate surface area is 118 Å². The van der Waals surface area contributed by atoms with Crippen molar-refractivity contribution in [1.29, 1.82) is 0 Å². The van der Waals surface area contributed by atoms with Crippen LogP contribution in [0.1, 0.15) is 26.2 Å². The second-order valence-electron chi connectivity index (χ2n) is 5.95. The molecule has 1 atom stereocenters. The fraction of sp³-hybridized carbons (Fsp3) is 0.846. The molecule has 1 saturated carbocycles. The van der Waals surface area contributed by atoms with E-state index in [9.17, 15) is 4.79 Å². The van der Waals surface area contributed by atoms with Gasteiger partial charge in [-0.3, -0.25) is 4.79 Å². The van der Waals surface area contributed by atoms with Gasteiger partial charge in [-0.25, -0.2) is 0 Å². The van der Waals surface area contributed by atoms with Gasteiger partial charge >= 0.3 is 0 Å². The third-order valence-corrected chi connectivity index (χ3v) is 4.50. The Morgan fingerprint density at radius 2 is 2.30 bits per heavy atom. The van der Waals surface area contributed by atoms with Crippen molar-refractivity contribution in [3.63, 3.8) is 0 Å². The first-order valence-electron chi connectivity index (χ1n) is 6.87. The minimum atomic E-state index is -0.872. The molecule has 1 amide bonds. The Bertz CT molecular complexity index is 398. The average molecular weight is 285 g/mol. The largest absolute Gasteiger partial charge is 0.409 e. The highest BCUT2D eigenvalue weighted by molar-refractivity contribution is 6.07. The molecule has 7 heteroatoms. The van der Waals surface area contributed by atoms with Crippen molar-refractivity contribution in [3.05, 3.63) is 0 Å². The number of nitrogens with one attached hydrogen (secondary N) is 1. The van der Waals surface area contributed by atoms with Crippen LogP contribution in [0.5, 0.6) is 0 Å². The number of ether oxygens (including phenoxy) is 2. The van der Waals surface area contributed by atoms with Crippen molar-refractivity contribution in [1.82, 2.24) is 5.32 Å². The standard InChI is InChI=1S/C13H23N3O4/c1-9-5-13(6-9,10(14)16-18)11(17)15-7-12(19-2)3-4-20-8-12/h9,18H,3-8H2,1-2H3,(H2,14,16)(H,15,17). The molecule has 0 radical (unpaired) electrons. The minimum absolute atomic E-state index is 0.0118. The summed E-state index contributed by atoms with van der Waals surface area (Å²) < 4.78 is 10.8. The van der Waals surface area contributed by atoms with E-state index in [4.69, 9.17) is 20.4 Å².